The fourth-order valence-electron chi connectivity index (χ4n) is 2.95. The molecule has 1 rings (SSSR count). The zero-order valence-electron chi connectivity index (χ0n) is 13.6. The molecule has 0 heterocycles. The largest absolute Gasteiger partial charge is 0.310 e. The lowest BCUT2D eigenvalue weighted by Gasteiger charge is -2.35. The van der Waals surface area contributed by atoms with Crippen LogP contribution < -0.4 is 5.32 Å². The molecule has 0 aliphatic heterocycles. The average molecular weight is 305 g/mol. The van der Waals surface area contributed by atoms with Gasteiger partial charge in [0.2, 0.25) is 0 Å². The Kier molecular flexibility index (Phi) is 6.91. The van der Waals surface area contributed by atoms with Gasteiger partial charge in [-0.25, -0.2) is 0 Å². The number of hydrogen-bond donors (Lipinski definition) is 1. The fourth-order valence-corrected chi connectivity index (χ4v) is 3.86. The fraction of sp³-hybridized carbons (Fsp3) is 1.00. The van der Waals surface area contributed by atoms with E-state index < -0.39 is 10.2 Å². The summed E-state index contributed by atoms with van der Waals surface area (Å²) in [5, 5.41) is 3.57. The quantitative estimate of drug-likeness (QED) is 0.778. The molecule has 1 N–H and O–H groups in total. The summed E-state index contributed by atoms with van der Waals surface area (Å²) in [7, 11) is 1.52. The Balaban J connectivity index is 2.73. The van der Waals surface area contributed by atoms with Crippen LogP contribution in [0.25, 0.3) is 0 Å². The Labute approximate surface area is 124 Å². The summed E-state index contributed by atoms with van der Waals surface area (Å²) in [5.74, 6) is 0.589. The van der Waals surface area contributed by atoms with Crippen molar-refractivity contribution in [3.05, 3.63) is 0 Å². The van der Waals surface area contributed by atoms with E-state index in [2.05, 4.69) is 19.2 Å². The van der Waals surface area contributed by atoms with Crippen molar-refractivity contribution >= 4 is 10.2 Å². The van der Waals surface area contributed by atoms with E-state index in [0.29, 0.717) is 18.5 Å². The molecule has 0 radical (unpaired) electrons. The zero-order valence-corrected chi connectivity index (χ0v) is 14.4. The highest BCUT2D eigenvalue weighted by atomic mass is 32.2. The minimum atomic E-state index is -3.32. The maximum atomic E-state index is 12.2. The van der Waals surface area contributed by atoms with Crippen LogP contribution in [0.3, 0.4) is 0 Å². The number of nitrogens with zero attached hydrogens (tertiary/aromatic N) is 2. The second-order valence-corrected chi connectivity index (χ2v) is 8.65. The SMILES string of the molecule is CC(C)N[C@H](CN(C)S(=O)(=O)N(C)C)C1CCCCC1. The van der Waals surface area contributed by atoms with Gasteiger partial charge in [0.05, 0.1) is 0 Å². The molecule has 20 heavy (non-hydrogen) atoms. The molecule has 1 aliphatic carbocycles. The Morgan fingerprint density at radius 2 is 1.65 bits per heavy atom. The Hall–Kier alpha value is -0.170. The molecule has 0 aromatic heterocycles. The van der Waals surface area contributed by atoms with Crippen LogP contribution >= 0.6 is 0 Å². The van der Waals surface area contributed by atoms with Crippen LogP contribution in [-0.2, 0) is 10.2 Å². The van der Waals surface area contributed by atoms with Gasteiger partial charge >= 0.3 is 0 Å². The summed E-state index contributed by atoms with van der Waals surface area (Å²) in [6.07, 6.45) is 6.27. The van der Waals surface area contributed by atoms with Crippen LogP contribution in [0.4, 0.5) is 0 Å². The molecular formula is C14H31N3O2S. The van der Waals surface area contributed by atoms with E-state index in [0.717, 1.165) is 0 Å². The Morgan fingerprint density at radius 1 is 1.10 bits per heavy atom. The predicted octanol–water partition coefficient (Wildman–Crippen LogP) is 1.67. The van der Waals surface area contributed by atoms with Crippen molar-refractivity contribution in [3.63, 3.8) is 0 Å². The van der Waals surface area contributed by atoms with Gasteiger partial charge in [-0.1, -0.05) is 33.1 Å². The van der Waals surface area contributed by atoms with E-state index in [1.54, 1.807) is 21.1 Å². The second kappa shape index (κ2) is 7.73. The third-order valence-electron chi connectivity index (χ3n) is 4.08. The highest BCUT2D eigenvalue weighted by Gasteiger charge is 2.29. The van der Waals surface area contributed by atoms with E-state index in [9.17, 15) is 8.42 Å². The first kappa shape index (κ1) is 17.9. The van der Waals surface area contributed by atoms with Gasteiger partial charge in [0.1, 0.15) is 0 Å². The van der Waals surface area contributed by atoms with Crippen LogP contribution in [0.2, 0.25) is 0 Å². The minimum Gasteiger partial charge on any atom is -0.310 e. The van der Waals surface area contributed by atoms with Gasteiger partial charge in [-0.2, -0.15) is 17.0 Å². The Bertz CT molecular complexity index is 376. The first-order chi connectivity index (χ1) is 9.25. The molecule has 1 aliphatic rings. The molecule has 0 aromatic carbocycles. The molecule has 0 bridgehead atoms. The van der Waals surface area contributed by atoms with Crippen LogP contribution in [0.1, 0.15) is 46.0 Å². The summed E-state index contributed by atoms with van der Waals surface area (Å²) in [5.41, 5.74) is 0. The molecule has 1 fully saturated rings. The second-order valence-electron chi connectivity index (χ2n) is 6.40. The maximum Gasteiger partial charge on any atom is 0.281 e. The van der Waals surface area contributed by atoms with E-state index >= 15 is 0 Å². The number of nitrogens with one attached hydrogen (secondary N) is 1. The molecule has 6 heteroatoms. The van der Waals surface area contributed by atoms with Crippen LogP contribution in [0.15, 0.2) is 0 Å². The number of rotatable bonds is 7. The molecule has 0 aromatic rings. The van der Waals surface area contributed by atoms with Gasteiger partial charge in [0.15, 0.2) is 0 Å². The van der Waals surface area contributed by atoms with Crippen molar-refractivity contribution < 1.29 is 8.42 Å². The smallest absolute Gasteiger partial charge is 0.281 e. The molecule has 120 valence electrons. The molecular weight excluding hydrogens is 274 g/mol. The van der Waals surface area contributed by atoms with Crippen LogP contribution in [-0.4, -0.2) is 56.8 Å². The first-order valence-corrected chi connectivity index (χ1v) is 9.04. The third kappa shape index (κ3) is 4.98. The standard InChI is InChI=1S/C14H31N3O2S/c1-12(2)15-14(13-9-7-6-8-10-13)11-17(5)20(18,19)16(3)4/h12-15H,6-11H2,1-5H3/t14-/m1/s1. The first-order valence-electron chi connectivity index (χ1n) is 7.65. The lowest BCUT2D eigenvalue weighted by Crippen LogP contribution is -2.50. The number of hydrogen-bond acceptors (Lipinski definition) is 3. The van der Waals surface area contributed by atoms with E-state index in [1.165, 1.54) is 40.7 Å². The molecule has 0 unspecified atom stereocenters. The third-order valence-corrected chi connectivity index (χ3v) is 5.94. The molecule has 0 amide bonds. The summed E-state index contributed by atoms with van der Waals surface area (Å²) in [6, 6.07) is 0.618. The summed E-state index contributed by atoms with van der Waals surface area (Å²) < 4.78 is 27.1. The molecule has 1 atom stereocenters. The molecule has 5 nitrogen and oxygen atoms in total. The van der Waals surface area contributed by atoms with Crippen LogP contribution in [0, 0.1) is 5.92 Å². The predicted molar refractivity (Wildman–Crippen MR) is 83.9 cm³/mol. The molecule has 0 spiro atoms. The maximum absolute atomic E-state index is 12.2. The topological polar surface area (TPSA) is 52.7 Å². The minimum absolute atomic E-state index is 0.245. The molecule has 1 saturated carbocycles. The van der Waals surface area contributed by atoms with Gasteiger partial charge in [-0.3, -0.25) is 0 Å². The lowest BCUT2D eigenvalue weighted by atomic mass is 9.83. The van der Waals surface area contributed by atoms with Gasteiger partial charge in [0, 0.05) is 39.8 Å². The van der Waals surface area contributed by atoms with Crippen molar-refractivity contribution in [1.82, 2.24) is 13.9 Å². The number of likely N-dealkylation sites (N-methyl/N-ethyl adjacent to an activating group) is 1. The summed E-state index contributed by atoms with van der Waals surface area (Å²) >= 11 is 0. The van der Waals surface area contributed by atoms with Crippen molar-refractivity contribution in [2.24, 2.45) is 5.92 Å². The normalized spacial score (nSPS) is 20.0. The monoisotopic (exact) mass is 305 g/mol. The van der Waals surface area contributed by atoms with Crippen LogP contribution in [0.5, 0.6) is 0 Å². The highest BCUT2D eigenvalue weighted by Crippen LogP contribution is 2.27. The van der Waals surface area contributed by atoms with E-state index in [4.69, 9.17) is 0 Å². The van der Waals surface area contributed by atoms with E-state index in [1.807, 2.05) is 0 Å². The Morgan fingerprint density at radius 3 is 2.10 bits per heavy atom. The summed E-state index contributed by atoms with van der Waals surface area (Å²) in [6.45, 7) is 4.79. The molecule has 0 saturated heterocycles. The van der Waals surface area contributed by atoms with Crippen molar-refractivity contribution in [3.8, 4) is 0 Å². The zero-order chi connectivity index (χ0) is 15.3. The lowest BCUT2D eigenvalue weighted by molar-refractivity contribution is 0.229. The van der Waals surface area contributed by atoms with Gasteiger partial charge in [-0.05, 0) is 18.8 Å². The average Bonchev–Trinajstić information content (AvgIpc) is 2.38. The van der Waals surface area contributed by atoms with Crippen molar-refractivity contribution in [2.45, 2.75) is 58.0 Å². The highest BCUT2D eigenvalue weighted by molar-refractivity contribution is 7.86. The summed E-state index contributed by atoms with van der Waals surface area (Å²) in [4.78, 5) is 0. The van der Waals surface area contributed by atoms with Crippen molar-refractivity contribution in [2.75, 3.05) is 27.7 Å². The van der Waals surface area contributed by atoms with Gasteiger partial charge in [0.25, 0.3) is 10.2 Å². The van der Waals surface area contributed by atoms with Crippen molar-refractivity contribution in [1.29, 1.82) is 0 Å². The van der Waals surface area contributed by atoms with Gasteiger partial charge in [-0.15, -0.1) is 0 Å². The van der Waals surface area contributed by atoms with Gasteiger partial charge < -0.3 is 5.32 Å². The van der Waals surface area contributed by atoms with E-state index in [-0.39, 0.29) is 6.04 Å².